The third-order valence-corrected chi connectivity index (χ3v) is 1.70. The summed E-state index contributed by atoms with van der Waals surface area (Å²) in [7, 11) is 0. The van der Waals surface area contributed by atoms with Crippen LogP contribution in [0.4, 0.5) is 0 Å². The minimum absolute atomic E-state index is 0.212. The summed E-state index contributed by atoms with van der Waals surface area (Å²) >= 11 is 0. The molecule has 0 bridgehead atoms. The maximum atomic E-state index is 8.58. The molecule has 0 saturated carbocycles. The topological polar surface area (TPSA) is 50.7 Å². The van der Waals surface area contributed by atoms with E-state index < -0.39 is 0 Å². The number of allylic oxidation sites excluding steroid dienone is 1. The molecule has 16 heavy (non-hydrogen) atoms. The highest BCUT2D eigenvalue weighted by Crippen LogP contribution is 2.05. The first-order chi connectivity index (χ1) is 7.45. The Labute approximate surface area is 98.6 Å². The lowest BCUT2D eigenvalue weighted by atomic mass is 10.2. The molecule has 0 aromatic carbocycles. The van der Waals surface area contributed by atoms with Gasteiger partial charge in [-0.15, -0.1) is 0 Å². The molecule has 0 aromatic heterocycles. The van der Waals surface area contributed by atoms with Crippen molar-refractivity contribution < 1.29 is 14.7 Å². The van der Waals surface area contributed by atoms with E-state index in [1.165, 1.54) is 0 Å². The van der Waals surface area contributed by atoms with Crippen LogP contribution in [0.3, 0.4) is 0 Å². The molecule has 0 unspecified atom stereocenters. The minimum atomic E-state index is -0.212. The summed E-state index contributed by atoms with van der Waals surface area (Å²) < 4.78 is 5.32. The van der Waals surface area contributed by atoms with Gasteiger partial charge in [0.2, 0.25) is 0 Å². The Morgan fingerprint density at radius 1 is 1.25 bits per heavy atom. The molecule has 96 valence electrons. The first-order valence-electron chi connectivity index (χ1n) is 5.79. The molecule has 0 aliphatic heterocycles. The number of nitrogens with one attached hydrogen (secondary N) is 1. The van der Waals surface area contributed by atoms with Crippen molar-refractivity contribution in [3.8, 4) is 0 Å². The number of hydrogen-bond donors (Lipinski definition) is 2. The van der Waals surface area contributed by atoms with Crippen molar-refractivity contribution in [3.63, 3.8) is 0 Å². The molecule has 0 spiro atoms. The second-order valence-corrected chi connectivity index (χ2v) is 4.77. The van der Waals surface area contributed by atoms with Gasteiger partial charge in [-0.05, 0) is 47.0 Å². The smallest absolute Gasteiger partial charge is 0.104 e. The fourth-order valence-electron chi connectivity index (χ4n) is 0.916. The van der Waals surface area contributed by atoms with Gasteiger partial charge in [-0.1, -0.05) is 0 Å². The van der Waals surface area contributed by atoms with E-state index in [1.54, 1.807) is 6.26 Å². The number of hydrogen-bond acceptors (Lipinski definition) is 4. The highest BCUT2D eigenvalue weighted by molar-refractivity contribution is 4.86. The maximum Gasteiger partial charge on any atom is 0.104 e. The quantitative estimate of drug-likeness (QED) is 0.382. The lowest BCUT2D eigenvalue weighted by molar-refractivity contribution is -0.0589. The van der Waals surface area contributed by atoms with Crippen molar-refractivity contribution in [2.24, 2.45) is 0 Å². The van der Waals surface area contributed by atoms with Gasteiger partial charge in [-0.2, -0.15) is 0 Å². The standard InChI is InChI=1S/C12H25NO3/c1-11(13-16-12(2,3)4)10-15-9-7-5-6-8-14/h10,13-14H,5-9H2,1-4H3. The number of aliphatic hydroxyl groups is 1. The molecule has 4 nitrogen and oxygen atoms in total. The van der Waals surface area contributed by atoms with Crippen LogP contribution in [0.25, 0.3) is 0 Å². The number of unbranched alkanes of at least 4 members (excludes halogenated alkanes) is 2. The van der Waals surface area contributed by atoms with Crippen LogP contribution in [0.1, 0.15) is 47.0 Å². The molecule has 0 saturated heterocycles. The van der Waals surface area contributed by atoms with Crippen molar-refractivity contribution in [1.82, 2.24) is 5.48 Å². The van der Waals surface area contributed by atoms with Crippen LogP contribution in [0.2, 0.25) is 0 Å². The molecule has 0 aliphatic rings. The molecule has 0 radical (unpaired) electrons. The summed E-state index contributed by atoms with van der Waals surface area (Å²) in [4.78, 5) is 5.36. The molecule has 0 amide bonds. The summed E-state index contributed by atoms with van der Waals surface area (Å²) in [5.41, 5.74) is 3.45. The molecular weight excluding hydrogens is 206 g/mol. The predicted molar refractivity (Wildman–Crippen MR) is 64.6 cm³/mol. The number of rotatable bonds is 8. The fourth-order valence-corrected chi connectivity index (χ4v) is 0.916. The van der Waals surface area contributed by atoms with Gasteiger partial charge in [0.05, 0.1) is 17.9 Å². The summed E-state index contributed by atoms with van der Waals surface area (Å²) in [6, 6.07) is 0. The van der Waals surface area contributed by atoms with Gasteiger partial charge in [-0.3, -0.25) is 10.3 Å². The van der Waals surface area contributed by atoms with Crippen molar-refractivity contribution in [2.75, 3.05) is 13.2 Å². The number of ether oxygens (including phenoxy) is 1. The third kappa shape index (κ3) is 11.3. The Hall–Kier alpha value is -0.740. The highest BCUT2D eigenvalue weighted by atomic mass is 16.7. The van der Waals surface area contributed by atoms with E-state index >= 15 is 0 Å². The van der Waals surface area contributed by atoms with E-state index in [9.17, 15) is 0 Å². The monoisotopic (exact) mass is 231 g/mol. The molecular formula is C12H25NO3. The molecule has 0 aliphatic carbocycles. The maximum absolute atomic E-state index is 8.58. The van der Waals surface area contributed by atoms with Gasteiger partial charge < -0.3 is 9.84 Å². The first kappa shape index (κ1) is 15.3. The molecule has 0 fully saturated rings. The normalized spacial score (nSPS) is 12.7. The lowest BCUT2D eigenvalue weighted by Crippen LogP contribution is -2.28. The van der Waals surface area contributed by atoms with E-state index in [1.807, 2.05) is 27.7 Å². The van der Waals surface area contributed by atoms with Crippen molar-refractivity contribution in [3.05, 3.63) is 12.0 Å². The van der Waals surface area contributed by atoms with Gasteiger partial charge in [0.15, 0.2) is 0 Å². The van der Waals surface area contributed by atoms with Crippen molar-refractivity contribution >= 4 is 0 Å². The molecule has 0 rings (SSSR count). The van der Waals surface area contributed by atoms with E-state index in [0.29, 0.717) is 6.61 Å². The van der Waals surface area contributed by atoms with Crippen LogP contribution >= 0.6 is 0 Å². The summed E-state index contributed by atoms with van der Waals surface area (Å²) in [5.74, 6) is 0. The van der Waals surface area contributed by atoms with Gasteiger partial charge in [0.25, 0.3) is 0 Å². The SMILES string of the molecule is CC(=COCCCCCO)NOC(C)(C)C. The summed E-state index contributed by atoms with van der Waals surface area (Å²) in [6.45, 7) is 8.75. The van der Waals surface area contributed by atoms with Gasteiger partial charge >= 0.3 is 0 Å². The Bertz CT molecular complexity index is 197. The highest BCUT2D eigenvalue weighted by Gasteiger charge is 2.09. The van der Waals surface area contributed by atoms with Crippen molar-refractivity contribution in [2.45, 2.75) is 52.6 Å². The minimum Gasteiger partial charge on any atom is -0.499 e. The molecule has 2 N–H and O–H groups in total. The predicted octanol–water partition coefficient (Wildman–Crippen LogP) is 2.35. The zero-order chi connectivity index (χ0) is 12.4. The third-order valence-electron chi connectivity index (χ3n) is 1.70. The second kappa shape index (κ2) is 8.42. The molecule has 4 heteroatoms. The van der Waals surface area contributed by atoms with Crippen LogP contribution in [0.5, 0.6) is 0 Å². The average Bonchev–Trinajstić information content (AvgIpc) is 2.19. The van der Waals surface area contributed by atoms with E-state index in [2.05, 4.69) is 5.48 Å². The zero-order valence-electron chi connectivity index (χ0n) is 10.9. The summed E-state index contributed by atoms with van der Waals surface area (Å²) in [6.07, 6.45) is 4.46. The molecule has 0 heterocycles. The number of aliphatic hydroxyl groups excluding tert-OH is 1. The second-order valence-electron chi connectivity index (χ2n) is 4.77. The number of hydroxylamine groups is 1. The Morgan fingerprint density at radius 2 is 1.94 bits per heavy atom. The van der Waals surface area contributed by atoms with E-state index in [4.69, 9.17) is 14.7 Å². The zero-order valence-corrected chi connectivity index (χ0v) is 10.9. The van der Waals surface area contributed by atoms with Crippen molar-refractivity contribution in [1.29, 1.82) is 0 Å². The van der Waals surface area contributed by atoms with Crippen LogP contribution < -0.4 is 5.48 Å². The van der Waals surface area contributed by atoms with Crippen LogP contribution in [-0.2, 0) is 9.57 Å². The average molecular weight is 231 g/mol. The lowest BCUT2D eigenvalue weighted by Gasteiger charge is -2.19. The fraction of sp³-hybridized carbons (Fsp3) is 0.833. The van der Waals surface area contributed by atoms with Gasteiger partial charge in [-0.25, -0.2) is 0 Å². The van der Waals surface area contributed by atoms with E-state index in [0.717, 1.165) is 25.0 Å². The Morgan fingerprint density at radius 3 is 2.50 bits per heavy atom. The van der Waals surface area contributed by atoms with Crippen LogP contribution in [0, 0.1) is 0 Å². The van der Waals surface area contributed by atoms with Crippen LogP contribution in [0.15, 0.2) is 12.0 Å². The largest absolute Gasteiger partial charge is 0.499 e. The molecule has 0 aromatic rings. The van der Waals surface area contributed by atoms with Gasteiger partial charge in [0, 0.05) is 6.61 Å². The molecule has 0 atom stereocenters. The first-order valence-corrected chi connectivity index (χ1v) is 5.79. The van der Waals surface area contributed by atoms with Crippen LogP contribution in [-0.4, -0.2) is 23.9 Å². The van der Waals surface area contributed by atoms with E-state index in [-0.39, 0.29) is 12.2 Å². The summed E-state index contributed by atoms with van der Waals surface area (Å²) in [5, 5.41) is 8.58. The Balaban J connectivity index is 3.48. The van der Waals surface area contributed by atoms with Gasteiger partial charge in [0.1, 0.15) is 6.26 Å². The Kier molecular flexibility index (Phi) is 8.03.